The first-order chi connectivity index (χ1) is 5.47. The Morgan fingerprint density at radius 3 is 3.45 bits per heavy atom. The number of thioether (sulfide) groups is 1. The first kappa shape index (κ1) is 6.67. The molecule has 0 radical (unpaired) electrons. The summed E-state index contributed by atoms with van der Waals surface area (Å²) in [6, 6.07) is 0. The molecular weight excluding hydrogens is 158 g/mol. The second-order valence-corrected chi connectivity index (χ2v) is 3.01. The topological polar surface area (TPSA) is 30.7 Å². The van der Waals surface area contributed by atoms with Gasteiger partial charge in [-0.05, 0) is 5.41 Å². The molecule has 0 saturated heterocycles. The molecule has 56 valence electrons. The largest absolute Gasteiger partial charge is 0.304 e. The summed E-state index contributed by atoms with van der Waals surface area (Å²) in [5, 5.41) is 10.7. The fourth-order valence-corrected chi connectivity index (χ4v) is 1.50. The third-order valence-corrected chi connectivity index (χ3v) is 2.20. The number of aromatic nitrogens is 3. The Morgan fingerprint density at radius 2 is 2.45 bits per heavy atom. The molecule has 3 nitrogen and oxygen atoms in total. The van der Waals surface area contributed by atoms with Gasteiger partial charge < -0.3 is 4.57 Å². The van der Waals surface area contributed by atoms with E-state index in [9.17, 15) is 0 Å². The molecule has 2 heterocycles. The van der Waals surface area contributed by atoms with E-state index < -0.39 is 0 Å². The summed E-state index contributed by atoms with van der Waals surface area (Å²) in [4.78, 5) is 0. The molecule has 0 saturated carbocycles. The zero-order valence-electron chi connectivity index (χ0n) is 5.84. The Labute approximate surface area is 68.8 Å². The second kappa shape index (κ2) is 2.92. The normalized spacial score (nSPS) is 18.5. The minimum Gasteiger partial charge on any atom is -0.304 e. The summed E-state index contributed by atoms with van der Waals surface area (Å²) >= 11 is 1.59. The molecular formula is C7H7N3S. The summed E-state index contributed by atoms with van der Waals surface area (Å²) in [7, 11) is 0. The zero-order valence-corrected chi connectivity index (χ0v) is 6.66. The summed E-state index contributed by atoms with van der Waals surface area (Å²) in [6.07, 6.45) is 7.84. The quantitative estimate of drug-likeness (QED) is 0.583. The standard InChI is InChI=1S/C7H7N3S/c1-2-4-10-6-8-9-7(10)11-5-3-1/h1-3,5-6H,4H2/b2-1+,5-3?. The van der Waals surface area contributed by atoms with Crippen LogP contribution in [0.3, 0.4) is 0 Å². The molecule has 1 aromatic rings. The van der Waals surface area contributed by atoms with E-state index in [4.69, 9.17) is 0 Å². The van der Waals surface area contributed by atoms with Gasteiger partial charge in [-0.2, -0.15) is 0 Å². The van der Waals surface area contributed by atoms with Crippen molar-refractivity contribution in [3.8, 4) is 0 Å². The predicted molar refractivity (Wildman–Crippen MR) is 44.2 cm³/mol. The van der Waals surface area contributed by atoms with Crippen LogP contribution >= 0.6 is 11.8 Å². The van der Waals surface area contributed by atoms with Gasteiger partial charge in [0.2, 0.25) is 0 Å². The molecule has 0 fully saturated rings. The van der Waals surface area contributed by atoms with Crippen LogP contribution in [0.15, 0.2) is 35.1 Å². The van der Waals surface area contributed by atoms with E-state index >= 15 is 0 Å². The van der Waals surface area contributed by atoms with Crippen LogP contribution in [0.2, 0.25) is 0 Å². The van der Waals surface area contributed by atoms with Crippen LogP contribution in [0.5, 0.6) is 0 Å². The van der Waals surface area contributed by atoms with Crippen LogP contribution in [-0.4, -0.2) is 14.8 Å². The smallest absolute Gasteiger partial charge is 0.195 e. The van der Waals surface area contributed by atoms with Gasteiger partial charge in [0.15, 0.2) is 5.16 Å². The van der Waals surface area contributed by atoms with Crippen molar-refractivity contribution in [2.75, 3.05) is 0 Å². The monoisotopic (exact) mass is 165 g/mol. The third kappa shape index (κ3) is 1.35. The minimum absolute atomic E-state index is 0.861. The molecule has 11 heavy (non-hydrogen) atoms. The molecule has 1 aliphatic rings. The lowest BCUT2D eigenvalue weighted by molar-refractivity contribution is 0.725. The van der Waals surface area contributed by atoms with Crippen LogP contribution < -0.4 is 0 Å². The Balaban J connectivity index is 2.37. The number of allylic oxidation sites excluding steroid dienone is 3. The Hall–Kier alpha value is -1.03. The SMILES string of the molecule is C1=CSc2nncn2C/C=C/1. The molecule has 0 amide bonds. The first-order valence-corrected chi connectivity index (χ1v) is 4.21. The van der Waals surface area contributed by atoms with Gasteiger partial charge in [0.25, 0.3) is 0 Å². The summed E-state index contributed by atoms with van der Waals surface area (Å²) in [6.45, 7) is 0.861. The van der Waals surface area contributed by atoms with E-state index in [-0.39, 0.29) is 0 Å². The van der Waals surface area contributed by atoms with Gasteiger partial charge in [-0.25, -0.2) is 0 Å². The number of rotatable bonds is 0. The van der Waals surface area contributed by atoms with Crippen molar-refractivity contribution < 1.29 is 0 Å². The van der Waals surface area contributed by atoms with E-state index in [0.29, 0.717) is 0 Å². The highest BCUT2D eigenvalue weighted by Gasteiger charge is 2.01. The average molecular weight is 165 g/mol. The molecule has 0 spiro atoms. The van der Waals surface area contributed by atoms with Crippen molar-refractivity contribution in [3.63, 3.8) is 0 Å². The van der Waals surface area contributed by atoms with Gasteiger partial charge in [0, 0.05) is 6.54 Å². The van der Waals surface area contributed by atoms with Gasteiger partial charge in [0.05, 0.1) is 0 Å². The maximum absolute atomic E-state index is 3.95. The van der Waals surface area contributed by atoms with Gasteiger partial charge >= 0.3 is 0 Å². The second-order valence-electron chi connectivity index (χ2n) is 2.14. The molecule has 1 aromatic heterocycles. The summed E-state index contributed by atoms with van der Waals surface area (Å²) in [5.41, 5.74) is 0. The van der Waals surface area contributed by atoms with E-state index in [1.165, 1.54) is 0 Å². The molecule has 0 atom stereocenters. The Bertz CT molecular complexity index is 272. The van der Waals surface area contributed by atoms with E-state index in [0.717, 1.165) is 11.7 Å². The highest BCUT2D eigenvalue weighted by molar-refractivity contribution is 8.02. The van der Waals surface area contributed by atoms with Crippen molar-refractivity contribution in [1.82, 2.24) is 14.8 Å². The van der Waals surface area contributed by atoms with Crippen molar-refractivity contribution in [1.29, 1.82) is 0 Å². The fraction of sp³-hybridized carbons (Fsp3) is 0.143. The van der Waals surface area contributed by atoms with Crippen molar-refractivity contribution in [2.45, 2.75) is 11.7 Å². The zero-order chi connectivity index (χ0) is 7.52. The first-order valence-electron chi connectivity index (χ1n) is 3.33. The Morgan fingerprint density at radius 1 is 1.45 bits per heavy atom. The maximum atomic E-state index is 3.95. The summed E-state index contributed by atoms with van der Waals surface area (Å²) < 4.78 is 2.00. The average Bonchev–Trinajstić information content (AvgIpc) is 2.35. The number of nitrogens with zero attached hydrogens (tertiary/aromatic N) is 3. The predicted octanol–water partition coefficient (Wildman–Crippen LogP) is 1.45. The molecule has 0 aliphatic carbocycles. The van der Waals surface area contributed by atoms with Crippen LogP contribution in [0.25, 0.3) is 0 Å². The number of hydrogen-bond donors (Lipinski definition) is 0. The van der Waals surface area contributed by atoms with Crippen LogP contribution in [0, 0.1) is 0 Å². The van der Waals surface area contributed by atoms with Crippen molar-refractivity contribution >= 4 is 11.8 Å². The number of hydrogen-bond acceptors (Lipinski definition) is 3. The van der Waals surface area contributed by atoms with Crippen LogP contribution in [0.1, 0.15) is 0 Å². The summed E-state index contributed by atoms with van der Waals surface area (Å²) in [5.74, 6) is 0. The molecule has 0 N–H and O–H groups in total. The van der Waals surface area contributed by atoms with E-state index in [1.807, 2.05) is 22.1 Å². The molecule has 0 bridgehead atoms. The number of fused-ring (bicyclic) bond motifs is 1. The molecule has 0 aromatic carbocycles. The maximum Gasteiger partial charge on any atom is 0.195 e. The molecule has 0 unspecified atom stereocenters. The highest BCUT2D eigenvalue weighted by atomic mass is 32.2. The fourth-order valence-electron chi connectivity index (χ4n) is 0.859. The van der Waals surface area contributed by atoms with Crippen molar-refractivity contribution in [2.24, 2.45) is 0 Å². The Kier molecular flexibility index (Phi) is 1.77. The van der Waals surface area contributed by atoms with E-state index in [2.05, 4.69) is 16.3 Å². The lowest BCUT2D eigenvalue weighted by Crippen LogP contribution is -1.95. The molecule has 4 heteroatoms. The van der Waals surface area contributed by atoms with Gasteiger partial charge in [0.1, 0.15) is 6.33 Å². The van der Waals surface area contributed by atoms with E-state index in [1.54, 1.807) is 18.1 Å². The highest BCUT2D eigenvalue weighted by Crippen LogP contribution is 2.17. The minimum atomic E-state index is 0.861. The van der Waals surface area contributed by atoms with Gasteiger partial charge in [-0.1, -0.05) is 30.0 Å². The van der Waals surface area contributed by atoms with Gasteiger partial charge in [-0.3, -0.25) is 0 Å². The molecule has 1 aliphatic heterocycles. The van der Waals surface area contributed by atoms with Gasteiger partial charge in [-0.15, -0.1) is 10.2 Å². The van der Waals surface area contributed by atoms with Crippen LogP contribution in [-0.2, 0) is 6.54 Å². The van der Waals surface area contributed by atoms with Crippen LogP contribution in [0.4, 0.5) is 0 Å². The third-order valence-electron chi connectivity index (χ3n) is 1.38. The lowest BCUT2D eigenvalue weighted by atomic mass is 10.5. The lowest BCUT2D eigenvalue weighted by Gasteiger charge is -2.00. The van der Waals surface area contributed by atoms with Crippen molar-refractivity contribution in [3.05, 3.63) is 30.0 Å². The molecule has 2 rings (SSSR count).